The molecule has 3 fully saturated rings. The van der Waals surface area contributed by atoms with Gasteiger partial charge in [-0.15, -0.1) is 0 Å². The molecule has 0 aliphatic carbocycles. The van der Waals surface area contributed by atoms with Gasteiger partial charge in [-0.25, -0.2) is 14.9 Å². The number of nitrogens with zero attached hydrogens (tertiary/aromatic N) is 3. The fraction of sp³-hybridized carbons (Fsp3) is 0.333. The summed E-state index contributed by atoms with van der Waals surface area (Å²) in [5.74, 6) is -0.510. The van der Waals surface area contributed by atoms with E-state index in [0.717, 1.165) is 25.1 Å². The van der Waals surface area contributed by atoms with Crippen molar-refractivity contribution in [2.24, 2.45) is 5.92 Å². The van der Waals surface area contributed by atoms with E-state index in [2.05, 4.69) is 41.2 Å². The lowest BCUT2D eigenvalue weighted by atomic mass is 9.89. The molecule has 5 heteroatoms. The van der Waals surface area contributed by atoms with Crippen LogP contribution < -0.4 is 4.90 Å². The molecule has 132 valence electrons. The number of rotatable bonds is 2. The van der Waals surface area contributed by atoms with Crippen molar-refractivity contribution in [3.8, 4) is 0 Å². The Kier molecular flexibility index (Phi) is 3.48. The third-order valence-electron chi connectivity index (χ3n) is 5.84. The second kappa shape index (κ2) is 5.76. The number of amides is 2. The Morgan fingerprint density at radius 3 is 2.15 bits per heavy atom. The topological polar surface area (TPSA) is 43.9 Å². The highest BCUT2D eigenvalue weighted by atomic mass is 16.2. The minimum atomic E-state index is -0.378. The van der Waals surface area contributed by atoms with E-state index < -0.39 is 0 Å². The number of fused-ring (bicyclic) bond motifs is 3. The van der Waals surface area contributed by atoms with Gasteiger partial charge in [0.25, 0.3) is 5.91 Å². The maximum atomic E-state index is 13.3. The van der Waals surface area contributed by atoms with E-state index in [1.54, 1.807) is 0 Å². The molecule has 2 amide bonds. The van der Waals surface area contributed by atoms with E-state index in [1.807, 2.05) is 30.3 Å². The third-order valence-corrected chi connectivity index (χ3v) is 5.84. The first-order chi connectivity index (χ1) is 12.7. The quantitative estimate of drug-likeness (QED) is 0.783. The second-order valence-corrected chi connectivity index (χ2v) is 7.35. The zero-order chi connectivity index (χ0) is 17.8. The van der Waals surface area contributed by atoms with Gasteiger partial charge in [0.2, 0.25) is 5.91 Å². The van der Waals surface area contributed by atoms with Gasteiger partial charge in [0.15, 0.2) is 0 Å². The van der Waals surface area contributed by atoms with Crippen LogP contribution in [0, 0.1) is 12.8 Å². The zero-order valence-electron chi connectivity index (χ0n) is 14.7. The van der Waals surface area contributed by atoms with Crippen LogP contribution in [0.1, 0.15) is 23.6 Å². The summed E-state index contributed by atoms with van der Waals surface area (Å²) in [5.41, 5.74) is 2.98. The SMILES string of the molecule is Cc1ccc([C@H]2[C@H]3C(=O)N(c4ccccc4)C(=O)[C@H]3N3CCCN23)cc1. The van der Waals surface area contributed by atoms with Crippen molar-refractivity contribution in [2.45, 2.75) is 25.4 Å². The summed E-state index contributed by atoms with van der Waals surface area (Å²) in [4.78, 5) is 27.9. The fourth-order valence-corrected chi connectivity index (χ4v) is 4.71. The van der Waals surface area contributed by atoms with Crippen molar-refractivity contribution in [3.63, 3.8) is 0 Å². The minimum absolute atomic E-state index is 0.0618. The largest absolute Gasteiger partial charge is 0.274 e. The minimum Gasteiger partial charge on any atom is -0.274 e. The van der Waals surface area contributed by atoms with Gasteiger partial charge < -0.3 is 0 Å². The highest BCUT2D eigenvalue weighted by Crippen LogP contribution is 2.48. The Hall–Kier alpha value is -2.50. The van der Waals surface area contributed by atoms with Crippen LogP contribution in [0.2, 0.25) is 0 Å². The lowest BCUT2D eigenvalue weighted by Crippen LogP contribution is -2.44. The first-order valence-corrected chi connectivity index (χ1v) is 9.19. The molecule has 0 saturated carbocycles. The molecule has 0 aromatic heterocycles. The van der Waals surface area contributed by atoms with Crippen LogP contribution in [-0.4, -0.2) is 41.0 Å². The Morgan fingerprint density at radius 2 is 1.46 bits per heavy atom. The molecule has 0 N–H and O–H groups in total. The van der Waals surface area contributed by atoms with Gasteiger partial charge in [0.1, 0.15) is 6.04 Å². The van der Waals surface area contributed by atoms with Crippen LogP contribution in [0.25, 0.3) is 0 Å². The van der Waals surface area contributed by atoms with Crippen molar-refractivity contribution in [1.29, 1.82) is 0 Å². The Morgan fingerprint density at radius 1 is 0.808 bits per heavy atom. The monoisotopic (exact) mass is 347 g/mol. The number of hydrogen-bond donors (Lipinski definition) is 0. The molecule has 3 heterocycles. The summed E-state index contributed by atoms with van der Waals surface area (Å²) in [6.45, 7) is 3.80. The average Bonchev–Trinajstić information content (AvgIpc) is 3.29. The molecule has 3 aliphatic rings. The van der Waals surface area contributed by atoms with Gasteiger partial charge in [-0.2, -0.15) is 0 Å². The lowest BCUT2D eigenvalue weighted by Gasteiger charge is -2.29. The first kappa shape index (κ1) is 15.7. The van der Waals surface area contributed by atoms with Gasteiger partial charge in [0, 0.05) is 13.1 Å². The summed E-state index contributed by atoms with van der Waals surface area (Å²) >= 11 is 0. The highest BCUT2D eigenvalue weighted by molar-refractivity contribution is 6.24. The molecule has 2 aromatic carbocycles. The molecule has 3 aliphatic heterocycles. The zero-order valence-corrected chi connectivity index (χ0v) is 14.7. The number of benzene rings is 2. The van der Waals surface area contributed by atoms with E-state index in [0.29, 0.717) is 5.69 Å². The van der Waals surface area contributed by atoms with Crippen LogP contribution in [0.5, 0.6) is 0 Å². The van der Waals surface area contributed by atoms with Crippen molar-refractivity contribution in [1.82, 2.24) is 10.0 Å². The predicted octanol–water partition coefficient (Wildman–Crippen LogP) is 2.53. The number of para-hydroxylation sites is 1. The predicted molar refractivity (Wildman–Crippen MR) is 98.2 cm³/mol. The number of hydrazine groups is 1. The Bertz CT molecular complexity index is 865. The maximum absolute atomic E-state index is 13.3. The maximum Gasteiger partial charge on any atom is 0.253 e. The smallest absolute Gasteiger partial charge is 0.253 e. The van der Waals surface area contributed by atoms with Gasteiger partial charge in [0.05, 0.1) is 17.6 Å². The van der Waals surface area contributed by atoms with Crippen LogP contribution in [0.15, 0.2) is 54.6 Å². The highest BCUT2D eigenvalue weighted by Gasteiger charge is 2.62. The van der Waals surface area contributed by atoms with Crippen molar-refractivity contribution in [3.05, 3.63) is 65.7 Å². The van der Waals surface area contributed by atoms with Gasteiger partial charge >= 0.3 is 0 Å². The van der Waals surface area contributed by atoms with Crippen molar-refractivity contribution in [2.75, 3.05) is 18.0 Å². The lowest BCUT2D eigenvalue weighted by molar-refractivity contribution is -0.126. The number of hydrogen-bond acceptors (Lipinski definition) is 4. The van der Waals surface area contributed by atoms with E-state index in [1.165, 1.54) is 10.5 Å². The number of anilines is 1. The molecule has 5 nitrogen and oxygen atoms in total. The number of aryl methyl sites for hydroxylation is 1. The standard InChI is InChI=1S/C21H21N3O2/c1-14-8-10-15(11-9-14)18-17-19(23-13-5-12-22(18)23)21(26)24(20(17)25)16-6-3-2-4-7-16/h2-4,6-11,17-19H,5,12-13H2,1H3/t17-,18+,19+/m1/s1. The molecule has 0 spiro atoms. The summed E-state index contributed by atoms with van der Waals surface area (Å²) < 4.78 is 0. The van der Waals surface area contributed by atoms with E-state index >= 15 is 0 Å². The molecule has 0 unspecified atom stereocenters. The number of imide groups is 1. The van der Waals surface area contributed by atoms with E-state index in [9.17, 15) is 9.59 Å². The molecule has 26 heavy (non-hydrogen) atoms. The fourth-order valence-electron chi connectivity index (χ4n) is 4.71. The molecule has 2 aromatic rings. The van der Waals surface area contributed by atoms with Gasteiger partial charge in [-0.1, -0.05) is 48.0 Å². The van der Waals surface area contributed by atoms with Gasteiger partial charge in [-0.05, 0) is 31.0 Å². The summed E-state index contributed by atoms with van der Waals surface area (Å²) in [6.07, 6.45) is 1.03. The van der Waals surface area contributed by atoms with Gasteiger partial charge in [-0.3, -0.25) is 9.59 Å². The summed E-state index contributed by atoms with van der Waals surface area (Å²) in [5, 5.41) is 4.39. The summed E-state index contributed by atoms with van der Waals surface area (Å²) in [7, 11) is 0. The van der Waals surface area contributed by atoms with E-state index in [4.69, 9.17) is 0 Å². The first-order valence-electron chi connectivity index (χ1n) is 9.19. The molecule has 3 atom stereocenters. The number of carbonyl (C=O) groups excluding carboxylic acids is 2. The van der Waals surface area contributed by atoms with Crippen LogP contribution in [0.3, 0.4) is 0 Å². The molecular weight excluding hydrogens is 326 g/mol. The summed E-state index contributed by atoms with van der Waals surface area (Å²) in [6, 6.07) is 17.2. The van der Waals surface area contributed by atoms with Crippen molar-refractivity contribution < 1.29 is 9.59 Å². The third kappa shape index (κ3) is 2.11. The number of carbonyl (C=O) groups is 2. The normalized spacial score (nSPS) is 28.7. The van der Waals surface area contributed by atoms with Crippen molar-refractivity contribution >= 4 is 17.5 Å². The van der Waals surface area contributed by atoms with Crippen LogP contribution in [-0.2, 0) is 9.59 Å². The Balaban J connectivity index is 1.59. The van der Waals surface area contributed by atoms with Crippen LogP contribution in [0.4, 0.5) is 5.69 Å². The average molecular weight is 347 g/mol. The molecule has 0 radical (unpaired) electrons. The Labute approximate surface area is 152 Å². The van der Waals surface area contributed by atoms with E-state index in [-0.39, 0.29) is 29.8 Å². The molecular formula is C21H21N3O2. The second-order valence-electron chi connectivity index (χ2n) is 7.35. The van der Waals surface area contributed by atoms with Crippen LogP contribution >= 0.6 is 0 Å². The molecule has 0 bridgehead atoms. The molecule has 5 rings (SSSR count). The molecule has 3 saturated heterocycles.